The van der Waals surface area contributed by atoms with Gasteiger partial charge in [0.25, 0.3) is 0 Å². The van der Waals surface area contributed by atoms with Crippen LogP contribution in [-0.2, 0) is 10.0 Å². The second kappa shape index (κ2) is 7.15. The van der Waals surface area contributed by atoms with Crippen LogP contribution >= 0.6 is 0 Å². The van der Waals surface area contributed by atoms with Crippen LogP contribution < -0.4 is 4.90 Å². The minimum Gasteiger partial charge on any atom is -0.368 e. The molecule has 0 N–H and O–H groups in total. The summed E-state index contributed by atoms with van der Waals surface area (Å²) in [5.41, 5.74) is 1.94. The molecule has 1 fully saturated rings. The van der Waals surface area contributed by atoms with Gasteiger partial charge in [0, 0.05) is 43.4 Å². The lowest BCUT2D eigenvalue weighted by Crippen LogP contribution is -2.44. The van der Waals surface area contributed by atoms with Gasteiger partial charge in [-0.15, -0.1) is 0 Å². The van der Waals surface area contributed by atoms with Gasteiger partial charge in [-0.05, 0) is 31.7 Å². The molecule has 1 aliphatic heterocycles. The van der Waals surface area contributed by atoms with E-state index in [9.17, 15) is 8.42 Å². The average Bonchev–Trinajstić information content (AvgIpc) is 3.01. The summed E-state index contributed by atoms with van der Waals surface area (Å²) >= 11 is 0. The number of likely N-dealkylation sites (N-methyl/N-ethyl adjacent to an activating group) is 1. The number of nitrogens with zero attached hydrogens (tertiary/aromatic N) is 3. The van der Waals surface area contributed by atoms with Gasteiger partial charge in [0.15, 0.2) is 0 Å². The van der Waals surface area contributed by atoms with Crippen LogP contribution in [0.4, 0.5) is 5.69 Å². The first-order valence-corrected chi connectivity index (χ1v) is 10.4. The zero-order valence-electron chi connectivity index (χ0n) is 14.6. The summed E-state index contributed by atoms with van der Waals surface area (Å²) in [5.74, 6) is 0.212. The molecule has 0 spiro atoms. The van der Waals surface area contributed by atoms with Crippen molar-refractivity contribution in [2.75, 3.05) is 43.9 Å². The lowest BCUT2D eigenvalue weighted by molar-refractivity contribution is 0.313. The smallest absolute Gasteiger partial charge is 0.238 e. The number of hydrogen-bond donors (Lipinski definition) is 0. The van der Waals surface area contributed by atoms with E-state index in [-0.39, 0.29) is 5.75 Å². The van der Waals surface area contributed by atoms with Gasteiger partial charge >= 0.3 is 0 Å². The van der Waals surface area contributed by atoms with Crippen molar-refractivity contribution < 1.29 is 8.42 Å². The third-order valence-electron chi connectivity index (χ3n) is 4.82. The van der Waals surface area contributed by atoms with E-state index in [4.69, 9.17) is 0 Å². The molecule has 1 aromatic carbocycles. The first-order valence-electron chi connectivity index (χ1n) is 8.80. The Morgan fingerprint density at radius 1 is 1.04 bits per heavy atom. The first kappa shape index (κ1) is 17.3. The molecule has 132 valence electrons. The fraction of sp³-hybridized carbons (Fsp3) is 0.556. The normalized spacial score (nSPS) is 16.8. The quantitative estimate of drug-likeness (QED) is 0.752. The Labute approximate surface area is 144 Å². The minimum atomic E-state index is -3.28. The maximum Gasteiger partial charge on any atom is 0.238 e. The molecule has 3 rings (SSSR count). The number of rotatable bonds is 6. The monoisotopic (exact) mass is 349 g/mol. The van der Waals surface area contributed by atoms with Gasteiger partial charge in [-0.25, -0.2) is 12.4 Å². The Balaban J connectivity index is 1.92. The summed E-state index contributed by atoms with van der Waals surface area (Å²) in [5, 5.41) is 1.03. The van der Waals surface area contributed by atoms with Crippen LogP contribution in [-0.4, -0.2) is 56.3 Å². The summed E-state index contributed by atoms with van der Waals surface area (Å²) in [6, 6.07) is 7.92. The Kier molecular flexibility index (Phi) is 5.15. The van der Waals surface area contributed by atoms with E-state index in [1.807, 2.05) is 18.2 Å². The SMILES string of the molecule is CCCCCS(=O)(=O)n1ccc2c(N3CCN(C)CC3)cccc21. The fourth-order valence-electron chi connectivity index (χ4n) is 3.33. The van der Waals surface area contributed by atoms with Crippen molar-refractivity contribution in [2.24, 2.45) is 0 Å². The molecular formula is C18H27N3O2S. The van der Waals surface area contributed by atoms with E-state index < -0.39 is 10.0 Å². The number of benzene rings is 1. The van der Waals surface area contributed by atoms with E-state index >= 15 is 0 Å². The number of fused-ring (bicyclic) bond motifs is 1. The highest BCUT2D eigenvalue weighted by molar-refractivity contribution is 7.90. The fourth-order valence-corrected chi connectivity index (χ4v) is 4.80. The van der Waals surface area contributed by atoms with Crippen LogP contribution in [0, 0.1) is 0 Å². The molecule has 0 unspecified atom stereocenters. The predicted molar refractivity (Wildman–Crippen MR) is 100 cm³/mol. The highest BCUT2D eigenvalue weighted by atomic mass is 32.2. The third-order valence-corrected chi connectivity index (χ3v) is 6.55. The summed E-state index contributed by atoms with van der Waals surface area (Å²) in [6.07, 6.45) is 4.41. The molecule has 0 radical (unpaired) electrons. The zero-order valence-corrected chi connectivity index (χ0v) is 15.4. The van der Waals surface area contributed by atoms with Crippen molar-refractivity contribution in [3.63, 3.8) is 0 Å². The van der Waals surface area contributed by atoms with Gasteiger partial charge in [0.05, 0.1) is 11.3 Å². The molecule has 1 aliphatic rings. The summed E-state index contributed by atoms with van der Waals surface area (Å²) in [7, 11) is -1.15. The molecule has 0 bridgehead atoms. The molecule has 0 saturated carbocycles. The van der Waals surface area contributed by atoms with Crippen molar-refractivity contribution in [2.45, 2.75) is 26.2 Å². The minimum absolute atomic E-state index is 0.212. The molecule has 2 heterocycles. The van der Waals surface area contributed by atoms with E-state index in [1.54, 1.807) is 6.20 Å². The van der Waals surface area contributed by atoms with Crippen molar-refractivity contribution in [1.82, 2.24) is 8.87 Å². The average molecular weight is 350 g/mol. The van der Waals surface area contributed by atoms with Crippen LogP contribution in [0.2, 0.25) is 0 Å². The number of anilines is 1. The largest absolute Gasteiger partial charge is 0.368 e. The zero-order chi connectivity index (χ0) is 17.2. The van der Waals surface area contributed by atoms with Gasteiger partial charge < -0.3 is 9.80 Å². The van der Waals surface area contributed by atoms with Crippen molar-refractivity contribution in [1.29, 1.82) is 0 Å². The highest BCUT2D eigenvalue weighted by Gasteiger charge is 2.20. The van der Waals surface area contributed by atoms with Crippen molar-refractivity contribution in [3.05, 3.63) is 30.5 Å². The molecule has 1 aromatic heterocycles. The van der Waals surface area contributed by atoms with Crippen LogP contribution in [0.1, 0.15) is 26.2 Å². The van der Waals surface area contributed by atoms with Crippen LogP contribution in [0.3, 0.4) is 0 Å². The van der Waals surface area contributed by atoms with E-state index in [2.05, 4.69) is 29.8 Å². The summed E-state index contributed by atoms with van der Waals surface area (Å²) in [6.45, 7) is 6.10. The Morgan fingerprint density at radius 3 is 2.50 bits per heavy atom. The number of aromatic nitrogens is 1. The maximum absolute atomic E-state index is 12.7. The molecule has 6 heteroatoms. The molecule has 0 amide bonds. The third kappa shape index (κ3) is 3.44. The lowest BCUT2D eigenvalue weighted by Gasteiger charge is -2.34. The Hall–Kier alpha value is -1.53. The first-order chi connectivity index (χ1) is 11.5. The second-order valence-corrected chi connectivity index (χ2v) is 8.60. The van der Waals surface area contributed by atoms with E-state index in [0.29, 0.717) is 0 Å². The van der Waals surface area contributed by atoms with E-state index in [0.717, 1.165) is 62.0 Å². The van der Waals surface area contributed by atoms with Gasteiger partial charge in [0.1, 0.15) is 0 Å². The predicted octanol–water partition coefficient (Wildman–Crippen LogP) is 2.76. The van der Waals surface area contributed by atoms with Crippen LogP contribution in [0.5, 0.6) is 0 Å². The van der Waals surface area contributed by atoms with E-state index in [1.165, 1.54) is 3.97 Å². The van der Waals surface area contributed by atoms with Gasteiger partial charge in [-0.3, -0.25) is 0 Å². The van der Waals surface area contributed by atoms with Crippen molar-refractivity contribution in [3.8, 4) is 0 Å². The van der Waals surface area contributed by atoms with Gasteiger partial charge in [-0.1, -0.05) is 25.8 Å². The number of hydrogen-bond acceptors (Lipinski definition) is 4. The molecule has 0 aliphatic carbocycles. The molecule has 1 saturated heterocycles. The van der Waals surface area contributed by atoms with Crippen LogP contribution in [0.25, 0.3) is 10.9 Å². The second-order valence-electron chi connectivity index (χ2n) is 6.63. The number of piperazine rings is 1. The maximum atomic E-state index is 12.7. The topological polar surface area (TPSA) is 45.6 Å². The highest BCUT2D eigenvalue weighted by Crippen LogP contribution is 2.29. The molecule has 24 heavy (non-hydrogen) atoms. The molecular weight excluding hydrogens is 322 g/mol. The molecule has 0 atom stereocenters. The van der Waals surface area contributed by atoms with Gasteiger partial charge in [-0.2, -0.15) is 0 Å². The Morgan fingerprint density at radius 2 is 1.79 bits per heavy atom. The van der Waals surface area contributed by atoms with Crippen molar-refractivity contribution >= 4 is 26.6 Å². The van der Waals surface area contributed by atoms with Gasteiger partial charge in [0.2, 0.25) is 10.0 Å². The lowest BCUT2D eigenvalue weighted by atomic mass is 10.2. The molecule has 2 aromatic rings. The molecule has 5 nitrogen and oxygen atoms in total. The standard InChI is InChI=1S/C18H27N3O2S/c1-3-4-5-15-24(22,23)21-10-9-16-17(7-6-8-18(16)21)20-13-11-19(2)12-14-20/h6-10H,3-5,11-15H2,1-2H3. The summed E-state index contributed by atoms with van der Waals surface area (Å²) in [4.78, 5) is 4.68. The summed E-state index contributed by atoms with van der Waals surface area (Å²) < 4.78 is 26.8. The number of unbranched alkanes of at least 4 members (excludes halogenated alkanes) is 2. The Bertz CT molecular complexity index is 790. The van der Waals surface area contributed by atoms with Crippen LogP contribution in [0.15, 0.2) is 30.5 Å².